The lowest BCUT2D eigenvalue weighted by Gasteiger charge is -2.27. The minimum Gasteiger partial charge on any atom is -0.491 e. The molecule has 1 heterocycles. The Kier molecular flexibility index (Phi) is 4.93. The first-order chi connectivity index (χ1) is 14.3. The van der Waals surface area contributed by atoms with E-state index in [0.29, 0.717) is 24.2 Å². The predicted molar refractivity (Wildman–Crippen MR) is 99.0 cm³/mol. The van der Waals surface area contributed by atoms with Crippen LogP contribution < -0.4 is 10.2 Å². The highest BCUT2D eigenvalue weighted by atomic mass is 19.4. The van der Waals surface area contributed by atoms with E-state index >= 15 is 0 Å². The second kappa shape index (κ2) is 7.32. The lowest BCUT2D eigenvalue weighted by Crippen LogP contribution is -2.40. The third kappa shape index (κ3) is 3.49. The fraction of sp³-hybridized carbons (Fsp3) is 0.333. The molecule has 2 aliphatic rings. The maximum atomic E-state index is 13.5. The van der Waals surface area contributed by atoms with Crippen LogP contribution in [-0.2, 0) is 22.9 Å². The second-order valence-electron chi connectivity index (χ2n) is 7.46. The Labute approximate surface area is 170 Å². The molecule has 30 heavy (non-hydrogen) atoms. The summed E-state index contributed by atoms with van der Waals surface area (Å²) in [6, 6.07) is 9.78. The summed E-state index contributed by atoms with van der Waals surface area (Å²) in [5, 5.41) is 8.77. The number of amides is 2. The fourth-order valence-corrected chi connectivity index (χ4v) is 3.92. The molecule has 2 N–H and O–H groups in total. The van der Waals surface area contributed by atoms with Crippen LogP contribution in [0, 0.1) is 0 Å². The van der Waals surface area contributed by atoms with Gasteiger partial charge in [-0.1, -0.05) is 24.3 Å². The van der Waals surface area contributed by atoms with Gasteiger partial charge in [0.15, 0.2) is 0 Å². The van der Waals surface area contributed by atoms with E-state index in [9.17, 15) is 22.8 Å². The van der Waals surface area contributed by atoms with Crippen molar-refractivity contribution < 1.29 is 32.7 Å². The largest absolute Gasteiger partial charge is 0.491 e. The molecule has 0 aromatic heterocycles. The smallest absolute Gasteiger partial charge is 0.416 e. The van der Waals surface area contributed by atoms with Crippen molar-refractivity contribution in [2.45, 2.75) is 31.0 Å². The van der Waals surface area contributed by atoms with Crippen molar-refractivity contribution >= 4 is 11.8 Å². The Hall–Kier alpha value is -3.07. The van der Waals surface area contributed by atoms with E-state index in [0.717, 1.165) is 6.07 Å². The fourth-order valence-electron chi connectivity index (χ4n) is 3.92. The van der Waals surface area contributed by atoms with Gasteiger partial charge < -0.3 is 9.64 Å². The molecule has 1 saturated carbocycles. The number of nitrogens with one attached hydrogen (secondary N) is 1. The van der Waals surface area contributed by atoms with Crippen molar-refractivity contribution in [3.8, 4) is 5.75 Å². The van der Waals surface area contributed by atoms with Gasteiger partial charge in [0, 0.05) is 17.7 Å². The Morgan fingerprint density at radius 3 is 2.53 bits per heavy atom. The molecule has 0 atom stereocenters. The molecule has 9 heteroatoms. The number of hydrogen-bond donors (Lipinski definition) is 2. The number of fused-ring (bicyclic) bond motifs is 1. The normalized spacial score (nSPS) is 17.4. The van der Waals surface area contributed by atoms with Gasteiger partial charge >= 0.3 is 6.18 Å². The van der Waals surface area contributed by atoms with E-state index in [-0.39, 0.29) is 36.7 Å². The first-order valence-corrected chi connectivity index (χ1v) is 9.42. The Morgan fingerprint density at radius 2 is 1.87 bits per heavy atom. The standard InChI is InChI=1S/C21H19F3N2O4/c22-21(23,24)16-4-2-1-3-15(16)20(7-8-20)19(28)26-9-10-30-17-11-13(18(27)25-29)5-6-14(17)12-26/h1-6,11,29H,7-10,12H2,(H,25,27). The van der Waals surface area contributed by atoms with Crippen LogP contribution >= 0.6 is 0 Å². The quantitative estimate of drug-likeness (QED) is 0.590. The summed E-state index contributed by atoms with van der Waals surface area (Å²) < 4.78 is 46.2. The lowest BCUT2D eigenvalue weighted by molar-refractivity contribution is -0.140. The van der Waals surface area contributed by atoms with Crippen LogP contribution in [0.5, 0.6) is 5.75 Å². The molecular weight excluding hydrogens is 401 g/mol. The zero-order chi connectivity index (χ0) is 21.5. The maximum Gasteiger partial charge on any atom is 0.416 e. The zero-order valence-electron chi connectivity index (χ0n) is 15.8. The van der Waals surface area contributed by atoms with Gasteiger partial charge in [-0.3, -0.25) is 14.8 Å². The average molecular weight is 420 g/mol. The van der Waals surface area contributed by atoms with Crippen molar-refractivity contribution in [3.05, 3.63) is 64.7 Å². The summed E-state index contributed by atoms with van der Waals surface area (Å²) in [6.45, 7) is 0.510. The SMILES string of the molecule is O=C(NO)c1ccc2c(c1)OCCN(C(=O)C1(c3ccccc3C(F)(F)F)CC1)C2. The number of carbonyl (C=O) groups excluding carboxylic acids is 2. The number of benzene rings is 2. The molecule has 158 valence electrons. The highest BCUT2D eigenvalue weighted by molar-refractivity contribution is 5.94. The average Bonchev–Trinajstić information content (AvgIpc) is 3.55. The van der Waals surface area contributed by atoms with Crippen molar-refractivity contribution in [1.29, 1.82) is 0 Å². The van der Waals surface area contributed by atoms with E-state index in [4.69, 9.17) is 9.94 Å². The van der Waals surface area contributed by atoms with E-state index in [1.54, 1.807) is 11.5 Å². The van der Waals surface area contributed by atoms with Crippen LogP contribution in [0.25, 0.3) is 0 Å². The molecule has 0 spiro atoms. The lowest BCUT2D eigenvalue weighted by atomic mass is 9.89. The number of hydrogen-bond acceptors (Lipinski definition) is 4. The molecule has 2 amide bonds. The van der Waals surface area contributed by atoms with Gasteiger partial charge in [-0.15, -0.1) is 0 Å². The number of ether oxygens (including phenoxy) is 1. The molecule has 1 fully saturated rings. The first-order valence-electron chi connectivity index (χ1n) is 9.42. The molecule has 0 bridgehead atoms. The van der Waals surface area contributed by atoms with Crippen molar-refractivity contribution in [2.24, 2.45) is 0 Å². The number of halogens is 3. The van der Waals surface area contributed by atoms with Gasteiger partial charge in [0.1, 0.15) is 12.4 Å². The van der Waals surface area contributed by atoms with Crippen molar-refractivity contribution in [2.75, 3.05) is 13.2 Å². The molecule has 0 unspecified atom stereocenters. The van der Waals surface area contributed by atoms with Crippen LogP contribution in [0.3, 0.4) is 0 Å². The minimum absolute atomic E-state index is 0.0165. The highest BCUT2D eigenvalue weighted by Crippen LogP contribution is 2.53. The molecule has 1 aliphatic carbocycles. The number of alkyl halides is 3. The number of hydroxylamine groups is 1. The predicted octanol–water partition coefficient (Wildman–Crippen LogP) is 3.28. The molecule has 6 nitrogen and oxygen atoms in total. The molecule has 4 rings (SSSR count). The Balaban J connectivity index is 1.63. The summed E-state index contributed by atoms with van der Waals surface area (Å²) in [4.78, 5) is 26.5. The van der Waals surface area contributed by atoms with Crippen LogP contribution in [0.1, 0.15) is 39.9 Å². The third-order valence-electron chi connectivity index (χ3n) is 5.61. The highest BCUT2D eigenvalue weighted by Gasteiger charge is 2.56. The van der Waals surface area contributed by atoms with Gasteiger partial charge in [-0.25, -0.2) is 5.48 Å². The summed E-state index contributed by atoms with van der Waals surface area (Å²) in [5.74, 6) is -0.654. The molecule has 0 radical (unpaired) electrons. The van der Waals surface area contributed by atoms with E-state index < -0.39 is 23.1 Å². The molecular formula is C21H19F3N2O4. The van der Waals surface area contributed by atoms with E-state index in [1.165, 1.54) is 35.2 Å². The van der Waals surface area contributed by atoms with Crippen LogP contribution in [0.4, 0.5) is 13.2 Å². The van der Waals surface area contributed by atoms with Gasteiger partial charge in [-0.05, 0) is 36.6 Å². The third-order valence-corrected chi connectivity index (χ3v) is 5.61. The molecule has 1 aliphatic heterocycles. The van der Waals surface area contributed by atoms with E-state index in [1.807, 2.05) is 0 Å². The van der Waals surface area contributed by atoms with Crippen LogP contribution in [0.15, 0.2) is 42.5 Å². The molecule has 0 saturated heterocycles. The van der Waals surface area contributed by atoms with Crippen LogP contribution in [0.2, 0.25) is 0 Å². The number of nitrogens with zero attached hydrogens (tertiary/aromatic N) is 1. The monoisotopic (exact) mass is 420 g/mol. The summed E-state index contributed by atoms with van der Waals surface area (Å²) in [7, 11) is 0. The number of carbonyl (C=O) groups is 2. The second-order valence-corrected chi connectivity index (χ2v) is 7.46. The first kappa shape index (κ1) is 20.2. The van der Waals surface area contributed by atoms with Crippen molar-refractivity contribution in [1.82, 2.24) is 10.4 Å². The Bertz CT molecular complexity index is 1000. The summed E-state index contributed by atoms with van der Waals surface area (Å²) >= 11 is 0. The van der Waals surface area contributed by atoms with E-state index in [2.05, 4.69) is 0 Å². The van der Waals surface area contributed by atoms with Gasteiger partial charge in [0.25, 0.3) is 5.91 Å². The van der Waals surface area contributed by atoms with Crippen molar-refractivity contribution in [3.63, 3.8) is 0 Å². The zero-order valence-corrected chi connectivity index (χ0v) is 15.8. The van der Waals surface area contributed by atoms with Gasteiger partial charge in [-0.2, -0.15) is 13.2 Å². The maximum absolute atomic E-state index is 13.5. The van der Waals surface area contributed by atoms with Gasteiger partial charge in [0.05, 0.1) is 17.5 Å². The topological polar surface area (TPSA) is 78.9 Å². The van der Waals surface area contributed by atoms with Crippen LogP contribution in [-0.4, -0.2) is 35.1 Å². The number of rotatable bonds is 3. The van der Waals surface area contributed by atoms with Gasteiger partial charge in [0.2, 0.25) is 5.91 Å². The molecule has 2 aromatic carbocycles. The Morgan fingerprint density at radius 1 is 1.13 bits per heavy atom. The molecule has 2 aromatic rings. The summed E-state index contributed by atoms with van der Waals surface area (Å²) in [6.07, 6.45) is -3.82. The minimum atomic E-state index is -4.54. The summed E-state index contributed by atoms with van der Waals surface area (Å²) in [5.41, 5.74) is 0.434.